The van der Waals surface area contributed by atoms with Crippen molar-refractivity contribution < 1.29 is 9.53 Å². The summed E-state index contributed by atoms with van der Waals surface area (Å²) < 4.78 is 4.88. The first kappa shape index (κ1) is 8.97. The minimum Gasteiger partial charge on any atom is -0.463 e. The highest BCUT2D eigenvalue weighted by atomic mass is 16.5. The van der Waals surface area contributed by atoms with Crippen LogP contribution in [0.4, 0.5) is 0 Å². The van der Waals surface area contributed by atoms with Gasteiger partial charge in [0.05, 0.1) is 6.54 Å². The highest BCUT2D eigenvalue weighted by Crippen LogP contribution is 2.10. The molecule has 2 rings (SSSR count). The van der Waals surface area contributed by atoms with E-state index in [0.717, 1.165) is 32.1 Å². The first-order chi connectivity index (χ1) is 6.34. The normalized spacial score (nSPS) is 30.5. The number of hydrogen-bond donors (Lipinski definition) is 1. The number of nitrogens with zero attached hydrogens (tertiary/aromatic N) is 1. The van der Waals surface area contributed by atoms with Crippen molar-refractivity contribution in [3.8, 4) is 0 Å². The van der Waals surface area contributed by atoms with E-state index < -0.39 is 0 Å². The van der Waals surface area contributed by atoms with Gasteiger partial charge in [-0.2, -0.15) is 0 Å². The molecule has 2 saturated heterocycles. The molecule has 2 heterocycles. The van der Waals surface area contributed by atoms with Gasteiger partial charge >= 0.3 is 5.97 Å². The van der Waals surface area contributed by atoms with Crippen molar-refractivity contribution in [2.45, 2.75) is 6.42 Å². The highest BCUT2D eigenvalue weighted by Gasteiger charge is 2.22. The molecule has 74 valence electrons. The Balaban J connectivity index is 1.76. The smallest absolute Gasteiger partial charge is 0.320 e. The number of morpholine rings is 1. The van der Waals surface area contributed by atoms with Crippen molar-refractivity contribution in [2.24, 2.45) is 5.92 Å². The van der Waals surface area contributed by atoms with Gasteiger partial charge in [0.1, 0.15) is 6.61 Å². The molecule has 0 aromatic carbocycles. The first-order valence-corrected chi connectivity index (χ1v) is 4.93. The fraction of sp³-hybridized carbons (Fsp3) is 0.889. The fourth-order valence-electron chi connectivity index (χ4n) is 1.99. The van der Waals surface area contributed by atoms with E-state index in [2.05, 4.69) is 10.2 Å². The zero-order chi connectivity index (χ0) is 9.10. The molecule has 0 radical (unpaired) electrons. The standard InChI is InChI=1S/C9H16N2O2/c12-9-7-11(3-4-13-9)6-8-1-2-10-5-8/h8,10H,1-7H2. The summed E-state index contributed by atoms with van der Waals surface area (Å²) in [6.07, 6.45) is 1.24. The summed E-state index contributed by atoms with van der Waals surface area (Å²) in [7, 11) is 0. The van der Waals surface area contributed by atoms with Gasteiger partial charge in [-0.15, -0.1) is 0 Å². The largest absolute Gasteiger partial charge is 0.463 e. The maximum Gasteiger partial charge on any atom is 0.320 e. The number of esters is 1. The van der Waals surface area contributed by atoms with Crippen LogP contribution in [0.25, 0.3) is 0 Å². The summed E-state index contributed by atoms with van der Waals surface area (Å²) in [5, 5.41) is 3.33. The first-order valence-electron chi connectivity index (χ1n) is 4.93. The molecule has 1 N–H and O–H groups in total. The molecule has 0 aromatic rings. The van der Waals surface area contributed by atoms with E-state index in [1.807, 2.05) is 0 Å². The lowest BCUT2D eigenvalue weighted by atomic mass is 10.1. The number of carbonyl (C=O) groups is 1. The molecule has 4 heteroatoms. The number of carbonyl (C=O) groups excluding carboxylic acids is 1. The monoisotopic (exact) mass is 184 g/mol. The zero-order valence-electron chi connectivity index (χ0n) is 7.79. The minimum atomic E-state index is -0.0720. The Kier molecular flexibility index (Phi) is 2.80. The number of nitrogens with one attached hydrogen (secondary N) is 1. The Hall–Kier alpha value is -0.610. The summed E-state index contributed by atoms with van der Waals surface area (Å²) in [6, 6.07) is 0. The summed E-state index contributed by atoms with van der Waals surface area (Å²) in [5.74, 6) is 0.656. The van der Waals surface area contributed by atoms with E-state index >= 15 is 0 Å². The van der Waals surface area contributed by atoms with Gasteiger partial charge in [0.25, 0.3) is 0 Å². The van der Waals surface area contributed by atoms with Crippen molar-refractivity contribution >= 4 is 5.97 Å². The third kappa shape index (κ3) is 2.42. The summed E-state index contributed by atoms with van der Waals surface area (Å²) in [6.45, 7) is 5.23. The topological polar surface area (TPSA) is 41.6 Å². The molecular formula is C9H16N2O2. The summed E-state index contributed by atoms with van der Waals surface area (Å²) in [4.78, 5) is 13.2. The molecule has 2 aliphatic rings. The van der Waals surface area contributed by atoms with Crippen molar-refractivity contribution in [2.75, 3.05) is 39.3 Å². The second kappa shape index (κ2) is 4.07. The molecule has 0 bridgehead atoms. The number of hydrogen-bond acceptors (Lipinski definition) is 4. The minimum absolute atomic E-state index is 0.0720. The van der Waals surface area contributed by atoms with Crippen molar-refractivity contribution in [3.05, 3.63) is 0 Å². The number of cyclic esters (lactones) is 1. The molecule has 0 saturated carbocycles. The molecule has 4 nitrogen and oxygen atoms in total. The van der Waals surface area contributed by atoms with Crippen LogP contribution in [0.5, 0.6) is 0 Å². The van der Waals surface area contributed by atoms with E-state index in [1.54, 1.807) is 0 Å². The Labute approximate surface area is 78.2 Å². The predicted octanol–water partition coefficient (Wildman–Crippen LogP) is -0.545. The molecule has 0 spiro atoms. The maximum absolute atomic E-state index is 11.0. The molecule has 2 aliphatic heterocycles. The fourth-order valence-corrected chi connectivity index (χ4v) is 1.99. The lowest BCUT2D eigenvalue weighted by molar-refractivity contribution is -0.150. The van der Waals surface area contributed by atoms with Crippen LogP contribution in [0.1, 0.15) is 6.42 Å². The number of rotatable bonds is 2. The van der Waals surface area contributed by atoms with Crippen LogP contribution < -0.4 is 5.32 Å². The third-order valence-corrected chi connectivity index (χ3v) is 2.70. The average Bonchev–Trinajstić information content (AvgIpc) is 2.57. The lowest BCUT2D eigenvalue weighted by Gasteiger charge is -2.27. The Morgan fingerprint density at radius 1 is 1.62 bits per heavy atom. The van der Waals surface area contributed by atoms with Crippen molar-refractivity contribution in [1.29, 1.82) is 0 Å². The zero-order valence-corrected chi connectivity index (χ0v) is 7.79. The Morgan fingerprint density at radius 2 is 2.54 bits per heavy atom. The quantitative estimate of drug-likeness (QED) is 0.585. The van der Waals surface area contributed by atoms with Gasteiger partial charge in [-0.05, 0) is 25.4 Å². The molecule has 0 aliphatic carbocycles. The van der Waals surface area contributed by atoms with Crippen LogP contribution in [0.2, 0.25) is 0 Å². The van der Waals surface area contributed by atoms with Crippen molar-refractivity contribution in [3.63, 3.8) is 0 Å². The third-order valence-electron chi connectivity index (χ3n) is 2.70. The molecular weight excluding hydrogens is 168 g/mol. The Morgan fingerprint density at radius 3 is 3.23 bits per heavy atom. The average molecular weight is 184 g/mol. The maximum atomic E-state index is 11.0. The van der Waals surface area contributed by atoms with E-state index in [1.165, 1.54) is 6.42 Å². The Bertz CT molecular complexity index is 190. The molecule has 13 heavy (non-hydrogen) atoms. The van der Waals surface area contributed by atoms with Gasteiger partial charge in [0.15, 0.2) is 0 Å². The van der Waals surface area contributed by atoms with Gasteiger partial charge in [-0.3, -0.25) is 9.69 Å². The van der Waals surface area contributed by atoms with E-state index in [-0.39, 0.29) is 5.97 Å². The molecule has 0 amide bonds. The van der Waals surface area contributed by atoms with Gasteiger partial charge in [0, 0.05) is 13.1 Å². The van der Waals surface area contributed by atoms with E-state index in [4.69, 9.17) is 4.74 Å². The lowest BCUT2D eigenvalue weighted by Crippen LogP contribution is -2.42. The van der Waals surface area contributed by atoms with Gasteiger partial charge in [-0.25, -0.2) is 0 Å². The van der Waals surface area contributed by atoms with Crippen LogP contribution in [0, 0.1) is 5.92 Å². The SMILES string of the molecule is O=C1CN(CC2CCNC2)CCO1. The van der Waals surface area contributed by atoms with Crippen LogP contribution in [0.3, 0.4) is 0 Å². The molecule has 1 atom stereocenters. The second-order valence-corrected chi connectivity index (χ2v) is 3.81. The van der Waals surface area contributed by atoms with Crippen LogP contribution >= 0.6 is 0 Å². The predicted molar refractivity (Wildman–Crippen MR) is 48.4 cm³/mol. The van der Waals surface area contributed by atoms with E-state index in [9.17, 15) is 4.79 Å². The van der Waals surface area contributed by atoms with Crippen LogP contribution in [0.15, 0.2) is 0 Å². The van der Waals surface area contributed by atoms with Crippen LogP contribution in [-0.4, -0.2) is 50.2 Å². The highest BCUT2D eigenvalue weighted by molar-refractivity contribution is 5.72. The van der Waals surface area contributed by atoms with Gasteiger partial charge in [-0.1, -0.05) is 0 Å². The molecule has 2 fully saturated rings. The van der Waals surface area contributed by atoms with Crippen molar-refractivity contribution in [1.82, 2.24) is 10.2 Å². The molecule has 0 aromatic heterocycles. The summed E-state index contributed by atoms with van der Waals surface area (Å²) in [5.41, 5.74) is 0. The second-order valence-electron chi connectivity index (χ2n) is 3.81. The number of ether oxygens (including phenoxy) is 1. The van der Waals surface area contributed by atoms with Gasteiger partial charge in [0.2, 0.25) is 0 Å². The molecule has 1 unspecified atom stereocenters. The summed E-state index contributed by atoms with van der Waals surface area (Å²) >= 11 is 0. The van der Waals surface area contributed by atoms with E-state index in [0.29, 0.717) is 13.2 Å². The van der Waals surface area contributed by atoms with Crippen LogP contribution in [-0.2, 0) is 9.53 Å². The van der Waals surface area contributed by atoms with Gasteiger partial charge < -0.3 is 10.1 Å².